The molecule has 2 aromatic carbocycles. The SMILES string of the molecule is Cc1oc(-c2ccc(Cl)cc2)cc1C(=O)Nc1cc(-c2ccco2)nn1-c1cc(C(F)(F)F)cc(C(F)(F)F)c1. The van der Waals surface area contributed by atoms with E-state index in [1.54, 1.807) is 24.3 Å². The molecule has 5 rings (SSSR count). The van der Waals surface area contributed by atoms with Crippen LogP contribution in [0.5, 0.6) is 0 Å². The number of alkyl halides is 6. The number of nitrogens with zero attached hydrogens (tertiary/aromatic N) is 2. The summed E-state index contributed by atoms with van der Waals surface area (Å²) in [6.07, 6.45) is -8.85. The Hall–Kier alpha value is -4.45. The topological polar surface area (TPSA) is 73.2 Å². The van der Waals surface area contributed by atoms with Gasteiger partial charge in [-0.15, -0.1) is 0 Å². The van der Waals surface area contributed by atoms with Gasteiger partial charge in [0.2, 0.25) is 0 Å². The maximum atomic E-state index is 13.5. The molecule has 1 amide bonds. The summed E-state index contributed by atoms with van der Waals surface area (Å²) >= 11 is 5.92. The number of aromatic nitrogens is 2. The molecule has 206 valence electrons. The minimum absolute atomic E-state index is 0.00577. The lowest BCUT2D eigenvalue weighted by molar-refractivity contribution is -0.143. The Balaban J connectivity index is 1.58. The third-order valence-corrected chi connectivity index (χ3v) is 6.08. The molecule has 0 aliphatic rings. The van der Waals surface area contributed by atoms with Crippen LogP contribution in [0.15, 0.2) is 81.8 Å². The Labute approximate surface area is 226 Å². The first kappa shape index (κ1) is 27.1. The van der Waals surface area contributed by atoms with Crippen LogP contribution >= 0.6 is 11.6 Å². The number of carbonyl (C=O) groups is 1. The number of nitrogens with one attached hydrogen (secondary N) is 1. The van der Waals surface area contributed by atoms with Gasteiger partial charge < -0.3 is 14.2 Å². The van der Waals surface area contributed by atoms with E-state index < -0.39 is 35.1 Å². The molecule has 5 aromatic rings. The first-order valence-corrected chi connectivity index (χ1v) is 11.8. The van der Waals surface area contributed by atoms with Crippen LogP contribution < -0.4 is 5.32 Å². The van der Waals surface area contributed by atoms with Crippen LogP contribution in [0.2, 0.25) is 5.02 Å². The predicted octanol–water partition coefficient (Wildman–Crippen LogP) is 8.64. The molecular weight excluding hydrogens is 564 g/mol. The van der Waals surface area contributed by atoms with E-state index in [2.05, 4.69) is 10.4 Å². The van der Waals surface area contributed by atoms with Crippen LogP contribution in [0.3, 0.4) is 0 Å². The molecule has 0 spiro atoms. The summed E-state index contributed by atoms with van der Waals surface area (Å²) in [5.41, 5.74) is -2.90. The average molecular weight is 580 g/mol. The number of halogens is 7. The van der Waals surface area contributed by atoms with Crippen molar-refractivity contribution in [1.82, 2.24) is 9.78 Å². The van der Waals surface area contributed by atoms with Gasteiger partial charge in [0.05, 0.1) is 28.6 Å². The van der Waals surface area contributed by atoms with Gasteiger partial charge in [-0.1, -0.05) is 11.6 Å². The van der Waals surface area contributed by atoms with Gasteiger partial charge in [-0.05, 0) is 67.6 Å². The Morgan fingerprint density at radius 1 is 0.900 bits per heavy atom. The highest BCUT2D eigenvalue weighted by Crippen LogP contribution is 2.38. The molecular formula is C27H16ClF6N3O3. The molecule has 6 nitrogen and oxygen atoms in total. The fourth-order valence-corrected chi connectivity index (χ4v) is 4.05. The second-order valence-electron chi connectivity index (χ2n) is 8.61. The Bertz CT molecular complexity index is 1650. The van der Waals surface area contributed by atoms with Gasteiger partial charge in [-0.2, -0.15) is 31.4 Å². The van der Waals surface area contributed by atoms with Crippen molar-refractivity contribution in [1.29, 1.82) is 0 Å². The lowest BCUT2D eigenvalue weighted by atomic mass is 10.1. The van der Waals surface area contributed by atoms with Crippen LogP contribution in [-0.2, 0) is 12.4 Å². The monoisotopic (exact) mass is 579 g/mol. The van der Waals surface area contributed by atoms with Crippen molar-refractivity contribution in [3.8, 4) is 28.5 Å². The average Bonchev–Trinajstić information content (AvgIpc) is 3.63. The van der Waals surface area contributed by atoms with Crippen molar-refractivity contribution in [3.63, 3.8) is 0 Å². The van der Waals surface area contributed by atoms with Crippen LogP contribution in [-0.4, -0.2) is 15.7 Å². The molecule has 0 aliphatic heterocycles. The maximum absolute atomic E-state index is 13.5. The molecule has 0 aliphatic carbocycles. The van der Waals surface area contributed by atoms with Gasteiger partial charge in [0, 0.05) is 16.7 Å². The second-order valence-corrected chi connectivity index (χ2v) is 9.05. The number of furan rings is 2. The maximum Gasteiger partial charge on any atom is 0.416 e. The van der Waals surface area contributed by atoms with Crippen molar-refractivity contribution in [2.45, 2.75) is 19.3 Å². The van der Waals surface area contributed by atoms with Crippen molar-refractivity contribution in [2.24, 2.45) is 0 Å². The fourth-order valence-electron chi connectivity index (χ4n) is 3.92. The number of carbonyl (C=O) groups excluding carboxylic acids is 1. The number of hydrogen-bond donors (Lipinski definition) is 1. The molecule has 0 saturated carbocycles. The molecule has 0 atom stereocenters. The summed E-state index contributed by atoms with van der Waals surface area (Å²) in [7, 11) is 0. The summed E-state index contributed by atoms with van der Waals surface area (Å²) in [5, 5.41) is 7.15. The first-order valence-electron chi connectivity index (χ1n) is 11.4. The summed E-state index contributed by atoms with van der Waals surface area (Å²) in [5.74, 6) is -0.217. The molecule has 0 unspecified atom stereocenters. The highest BCUT2D eigenvalue weighted by molar-refractivity contribution is 6.30. The second kappa shape index (κ2) is 9.94. The molecule has 3 aromatic heterocycles. The van der Waals surface area contributed by atoms with E-state index in [9.17, 15) is 31.1 Å². The van der Waals surface area contributed by atoms with Gasteiger partial charge in [-0.25, -0.2) is 4.68 Å². The largest absolute Gasteiger partial charge is 0.463 e. The van der Waals surface area contributed by atoms with Gasteiger partial charge in [0.15, 0.2) is 5.76 Å². The van der Waals surface area contributed by atoms with Gasteiger partial charge >= 0.3 is 12.4 Å². The lowest BCUT2D eigenvalue weighted by Crippen LogP contribution is -2.17. The van der Waals surface area contributed by atoms with Crippen molar-refractivity contribution < 1.29 is 40.0 Å². The smallest absolute Gasteiger partial charge is 0.416 e. The highest BCUT2D eigenvalue weighted by atomic mass is 35.5. The number of amides is 1. The van der Waals surface area contributed by atoms with Crippen molar-refractivity contribution in [2.75, 3.05) is 5.32 Å². The van der Waals surface area contributed by atoms with E-state index in [1.807, 2.05) is 0 Å². The van der Waals surface area contributed by atoms with E-state index in [-0.39, 0.29) is 34.7 Å². The third kappa shape index (κ3) is 5.48. The van der Waals surface area contributed by atoms with Crippen molar-refractivity contribution in [3.05, 3.63) is 100 Å². The van der Waals surface area contributed by atoms with E-state index in [4.69, 9.17) is 20.4 Å². The van der Waals surface area contributed by atoms with Crippen molar-refractivity contribution >= 4 is 23.3 Å². The summed E-state index contributed by atoms with van der Waals surface area (Å²) in [6.45, 7) is 1.53. The van der Waals surface area contributed by atoms with Gasteiger partial charge in [0.25, 0.3) is 5.91 Å². The van der Waals surface area contributed by atoms with E-state index >= 15 is 0 Å². The minimum Gasteiger partial charge on any atom is -0.463 e. The highest BCUT2D eigenvalue weighted by Gasteiger charge is 2.37. The Morgan fingerprint density at radius 2 is 1.55 bits per heavy atom. The molecule has 40 heavy (non-hydrogen) atoms. The number of rotatable bonds is 5. The zero-order valence-corrected chi connectivity index (χ0v) is 20.9. The molecule has 0 bridgehead atoms. The molecule has 0 saturated heterocycles. The van der Waals surface area contributed by atoms with Crippen LogP contribution in [0, 0.1) is 6.92 Å². The number of aryl methyl sites for hydroxylation is 1. The molecule has 1 N–H and O–H groups in total. The lowest BCUT2D eigenvalue weighted by Gasteiger charge is -2.15. The van der Waals surface area contributed by atoms with Gasteiger partial charge in [0.1, 0.15) is 23.0 Å². The predicted molar refractivity (Wildman–Crippen MR) is 133 cm³/mol. The zero-order valence-electron chi connectivity index (χ0n) is 20.2. The van der Waals surface area contributed by atoms with E-state index in [1.165, 1.54) is 37.5 Å². The minimum atomic E-state index is -5.08. The standard InChI is InChI=1S/C27H16ClF6N3O3/c1-14-20(12-23(40-14)15-4-6-18(28)7-5-15)25(38)35-24-13-21(22-3-2-8-39-22)36-37(24)19-10-16(26(29,30)31)9-17(11-19)27(32,33)34/h2-13H,1H3,(H,35,38). The van der Waals surface area contributed by atoms with Crippen LogP contribution in [0.1, 0.15) is 27.2 Å². The quantitative estimate of drug-likeness (QED) is 0.212. The molecule has 0 fully saturated rings. The summed E-state index contributed by atoms with van der Waals surface area (Å²) < 4.78 is 92.9. The Kier molecular flexibility index (Phi) is 6.74. The first-order chi connectivity index (χ1) is 18.8. The van der Waals surface area contributed by atoms with Crippen LogP contribution in [0.4, 0.5) is 32.2 Å². The summed E-state index contributed by atoms with van der Waals surface area (Å²) in [6, 6.07) is 13.4. The molecule has 13 heteroatoms. The van der Waals surface area contributed by atoms with E-state index in [0.29, 0.717) is 28.5 Å². The third-order valence-electron chi connectivity index (χ3n) is 5.83. The number of anilines is 1. The normalized spacial score (nSPS) is 12.1. The summed E-state index contributed by atoms with van der Waals surface area (Å²) in [4.78, 5) is 13.2. The van der Waals surface area contributed by atoms with Crippen LogP contribution in [0.25, 0.3) is 28.5 Å². The van der Waals surface area contributed by atoms with E-state index in [0.717, 1.165) is 4.68 Å². The Morgan fingerprint density at radius 3 is 2.12 bits per heavy atom. The zero-order chi connectivity index (χ0) is 28.8. The number of hydrogen-bond acceptors (Lipinski definition) is 4. The van der Waals surface area contributed by atoms with Gasteiger partial charge in [-0.3, -0.25) is 4.79 Å². The molecule has 0 radical (unpaired) electrons. The number of benzene rings is 2. The fraction of sp³-hybridized carbons (Fsp3) is 0.111. The molecule has 3 heterocycles.